The third kappa shape index (κ3) is 4.51. The van der Waals surface area contributed by atoms with Gasteiger partial charge in [0.25, 0.3) is 0 Å². The molecule has 1 fully saturated rings. The first-order valence-corrected chi connectivity index (χ1v) is 10.6. The van der Waals surface area contributed by atoms with Gasteiger partial charge in [0.1, 0.15) is 0 Å². The van der Waals surface area contributed by atoms with E-state index in [4.69, 9.17) is 4.74 Å². The molecule has 3 N–H and O–H groups in total. The van der Waals surface area contributed by atoms with Gasteiger partial charge in [0.15, 0.2) is 0 Å². The highest BCUT2D eigenvalue weighted by Gasteiger charge is 2.25. The highest BCUT2D eigenvalue weighted by molar-refractivity contribution is 6.04. The molecule has 0 spiro atoms. The lowest BCUT2D eigenvalue weighted by atomic mass is 10.0. The molecule has 0 aliphatic carbocycles. The van der Waals surface area contributed by atoms with E-state index < -0.39 is 12.0 Å². The van der Waals surface area contributed by atoms with Crippen molar-refractivity contribution in [1.82, 2.24) is 4.98 Å². The Labute approximate surface area is 178 Å². The van der Waals surface area contributed by atoms with E-state index in [1.54, 1.807) is 18.7 Å². The van der Waals surface area contributed by atoms with E-state index in [-0.39, 0.29) is 5.78 Å². The number of piperazine rings is 1. The number of ketones is 1. The summed E-state index contributed by atoms with van der Waals surface area (Å²) < 4.78 is 4.83. The number of nitrogens with one attached hydrogen (secondary N) is 3. The fourth-order valence-corrected chi connectivity index (χ4v) is 4.14. The van der Waals surface area contributed by atoms with Gasteiger partial charge in [-0.3, -0.25) is 4.79 Å². The number of carbonyl (C=O) groups is 2. The van der Waals surface area contributed by atoms with E-state index in [9.17, 15) is 9.59 Å². The summed E-state index contributed by atoms with van der Waals surface area (Å²) in [5.74, 6) is -0.522. The third-order valence-corrected chi connectivity index (χ3v) is 6.05. The number of anilines is 2. The Hall–Kier alpha value is -2.80. The molecule has 162 valence electrons. The van der Waals surface area contributed by atoms with E-state index >= 15 is 0 Å². The summed E-state index contributed by atoms with van der Waals surface area (Å²) in [5, 5.41) is 3.28. The second-order valence-corrected chi connectivity index (χ2v) is 7.98. The van der Waals surface area contributed by atoms with Crippen molar-refractivity contribution >= 4 is 23.1 Å². The predicted molar refractivity (Wildman–Crippen MR) is 119 cm³/mol. The predicted octanol–water partition coefficient (Wildman–Crippen LogP) is 1.83. The van der Waals surface area contributed by atoms with Crippen molar-refractivity contribution < 1.29 is 19.2 Å². The van der Waals surface area contributed by atoms with E-state index in [2.05, 4.69) is 34.3 Å². The molecule has 0 radical (unpaired) electrons. The van der Waals surface area contributed by atoms with Crippen molar-refractivity contribution in [3.05, 3.63) is 46.8 Å². The number of likely N-dealkylation sites (N-methyl/N-ethyl adjacent to an activating group) is 1. The Morgan fingerprint density at radius 3 is 2.40 bits per heavy atom. The Morgan fingerprint density at radius 2 is 1.83 bits per heavy atom. The third-order valence-electron chi connectivity index (χ3n) is 6.05. The van der Waals surface area contributed by atoms with Crippen molar-refractivity contribution in [2.75, 3.05) is 50.1 Å². The monoisotopic (exact) mass is 413 g/mol. The summed E-state index contributed by atoms with van der Waals surface area (Å²) in [4.78, 5) is 32.1. The number of H-pyrrole nitrogens is 1. The molecule has 7 heteroatoms. The van der Waals surface area contributed by atoms with Crippen LogP contribution in [0.4, 0.5) is 11.4 Å². The fourth-order valence-electron chi connectivity index (χ4n) is 4.14. The second-order valence-electron chi connectivity index (χ2n) is 7.98. The molecule has 7 nitrogen and oxygen atoms in total. The van der Waals surface area contributed by atoms with Crippen molar-refractivity contribution in [3.63, 3.8) is 0 Å². The SMILES string of the molecule is CC[NH+]1CCN(c2ccc(N[C@H](C)C(=O)c3[nH]c(C)c(C(=O)OC)c3C)cc2)CC1. The lowest BCUT2D eigenvalue weighted by Gasteiger charge is -2.33. The van der Waals surface area contributed by atoms with Gasteiger partial charge >= 0.3 is 5.97 Å². The number of Topliss-reactive ketones (excluding diaryl/α,β-unsaturated/α-hetero) is 1. The van der Waals surface area contributed by atoms with E-state index in [1.807, 2.05) is 19.1 Å². The largest absolute Gasteiger partial charge is 0.465 e. The van der Waals surface area contributed by atoms with Crippen LogP contribution in [0.2, 0.25) is 0 Å². The molecule has 0 amide bonds. The van der Waals surface area contributed by atoms with Crippen LogP contribution in [0.5, 0.6) is 0 Å². The molecule has 1 aliphatic heterocycles. The first kappa shape index (κ1) is 21.9. The molecule has 1 atom stereocenters. The quantitative estimate of drug-likeness (QED) is 0.477. The summed E-state index contributed by atoms with van der Waals surface area (Å²) in [6.07, 6.45) is 0. The second kappa shape index (κ2) is 9.34. The topological polar surface area (TPSA) is 78.9 Å². The van der Waals surface area contributed by atoms with Gasteiger partial charge in [0, 0.05) is 17.1 Å². The van der Waals surface area contributed by atoms with Crippen LogP contribution in [0.25, 0.3) is 0 Å². The Morgan fingerprint density at radius 1 is 1.20 bits per heavy atom. The Balaban J connectivity index is 1.65. The normalized spacial score (nSPS) is 15.7. The van der Waals surface area contributed by atoms with Gasteiger partial charge in [-0.25, -0.2) is 4.79 Å². The highest BCUT2D eigenvalue weighted by atomic mass is 16.5. The summed E-state index contributed by atoms with van der Waals surface area (Å²) in [6.45, 7) is 13.3. The van der Waals surface area contributed by atoms with E-state index in [0.29, 0.717) is 22.5 Å². The maximum Gasteiger partial charge on any atom is 0.339 e. The summed E-state index contributed by atoms with van der Waals surface area (Å²) in [5.41, 5.74) is 4.26. The number of nitrogens with zero attached hydrogens (tertiary/aromatic N) is 1. The van der Waals surface area contributed by atoms with Crippen LogP contribution in [0.3, 0.4) is 0 Å². The van der Waals surface area contributed by atoms with Gasteiger partial charge < -0.3 is 24.8 Å². The number of rotatable bonds is 7. The number of hydrogen-bond donors (Lipinski definition) is 3. The van der Waals surface area contributed by atoms with Crippen LogP contribution in [0.1, 0.15) is 46.0 Å². The molecule has 1 aromatic heterocycles. The van der Waals surface area contributed by atoms with E-state index in [1.165, 1.54) is 32.4 Å². The molecule has 1 saturated heterocycles. The van der Waals surface area contributed by atoms with Crippen molar-refractivity contribution in [2.45, 2.75) is 33.7 Å². The van der Waals surface area contributed by atoms with E-state index in [0.717, 1.165) is 18.8 Å². The fraction of sp³-hybridized carbons (Fsp3) is 0.478. The minimum atomic E-state index is -0.435. The zero-order valence-corrected chi connectivity index (χ0v) is 18.6. The van der Waals surface area contributed by atoms with Gasteiger partial charge in [0.2, 0.25) is 5.78 Å². The molecule has 1 aliphatic rings. The van der Waals surface area contributed by atoms with Gasteiger partial charge in [-0.05, 0) is 57.5 Å². The van der Waals surface area contributed by atoms with Crippen LogP contribution in [0.15, 0.2) is 24.3 Å². The number of hydrogen-bond acceptors (Lipinski definition) is 5. The van der Waals surface area contributed by atoms with Gasteiger partial charge in [-0.15, -0.1) is 0 Å². The van der Waals surface area contributed by atoms with Crippen molar-refractivity contribution in [1.29, 1.82) is 0 Å². The Kier molecular flexibility index (Phi) is 6.82. The van der Waals surface area contributed by atoms with Crippen molar-refractivity contribution in [3.8, 4) is 0 Å². The molecule has 3 rings (SSSR count). The smallest absolute Gasteiger partial charge is 0.339 e. The summed E-state index contributed by atoms with van der Waals surface area (Å²) in [7, 11) is 1.34. The minimum Gasteiger partial charge on any atom is -0.465 e. The van der Waals surface area contributed by atoms with Crippen LogP contribution in [-0.2, 0) is 4.74 Å². The van der Waals surface area contributed by atoms with Gasteiger partial charge in [-0.1, -0.05) is 0 Å². The molecule has 0 unspecified atom stereocenters. The number of aromatic amines is 1. The minimum absolute atomic E-state index is 0.0894. The molecular weight excluding hydrogens is 380 g/mol. The standard InChI is InChI=1S/C23H32N4O3/c1-6-26-11-13-27(14-12-26)19-9-7-18(8-10-19)24-17(4)22(28)21-15(2)20(16(3)25-21)23(29)30-5/h7-10,17,24-25H,6,11-14H2,1-5H3/p+1/t17-/m1/s1. The molecule has 1 aromatic carbocycles. The maximum absolute atomic E-state index is 13.0. The number of ether oxygens (including phenoxy) is 1. The lowest BCUT2D eigenvalue weighted by molar-refractivity contribution is -0.898. The highest BCUT2D eigenvalue weighted by Crippen LogP contribution is 2.22. The van der Waals surface area contributed by atoms with Crippen LogP contribution >= 0.6 is 0 Å². The summed E-state index contributed by atoms with van der Waals surface area (Å²) >= 11 is 0. The van der Waals surface area contributed by atoms with Crippen LogP contribution in [0, 0.1) is 13.8 Å². The van der Waals surface area contributed by atoms with Gasteiger partial charge in [-0.2, -0.15) is 0 Å². The molecule has 2 heterocycles. The number of methoxy groups -OCH3 is 1. The average molecular weight is 414 g/mol. The number of carbonyl (C=O) groups excluding carboxylic acids is 2. The van der Waals surface area contributed by atoms with Crippen LogP contribution < -0.4 is 15.1 Å². The first-order chi connectivity index (χ1) is 14.3. The molecule has 2 aromatic rings. The Bertz CT molecular complexity index is 896. The lowest BCUT2D eigenvalue weighted by Crippen LogP contribution is -3.14. The number of quaternary nitrogens is 1. The number of esters is 1. The number of aromatic nitrogens is 1. The number of aryl methyl sites for hydroxylation is 1. The molecule has 30 heavy (non-hydrogen) atoms. The molecular formula is C23H33N4O3+. The van der Waals surface area contributed by atoms with Gasteiger partial charge in [0.05, 0.1) is 57.1 Å². The number of benzene rings is 1. The maximum atomic E-state index is 13.0. The molecule has 0 saturated carbocycles. The zero-order chi connectivity index (χ0) is 21.8. The van der Waals surface area contributed by atoms with Crippen molar-refractivity contribution in [2.24, 2.45) is 0 Å². The zero-order valence-electron chi connectivity index (χ0n) is 18.6. The molecule has 0 bridgehead atoms. The van der Waals surface area contributed by atoms with Crippen LogP contribution in [-0.4, -0.2) is 62.6 Å². The first-order valence-electron chi connectivity index (χ1n) is 10.6. The summed E-state index contributed by atoms with van der Waals surface area (Å²) in [6, 6.07) is 7.82. The average Bonchev–Trinajstić information content (AvgIpc) is 3.07.